The molecule has 0 bridgehead atoms. The smallest absolute Gasteiger partial charge is 0.122 e. The van der Waals surface area contributed by atoms with Gasteiger partial charge >= 0.3 is 0 Å². The second kappa shape index (κ2) is 8.09. The van der Waals surface area contributed by atoms with E-state index in [4.69, 9.17) is 4.74 Å². The Morgan fingerprint density at radius 2 is 2.17 bits per heavy atom. The third kappa shape index (κ3) is 4.65. The molecule has 0 aromatic heterocycles. The van der Waals surface area contributed by atoms with Gasteiger partial charge in [0.05, 0.1) is 13.3 Å². The summed E-state index contributed by atoms with van der Waals surface area (Å²) in [7, 11) is 0. The molecule has 1 aromatic rings. The lowest BCUT2D eigenvalue weighted by Crippen LogP contribution is -2.19. The van der Waals surface area contributed by atoms with Crippen LogP contribution in [-0.2, 0) is 0 Å². The fraction of sp³-hybridized carbons (Fsp3) is 0.600. The highest BCUT2D eigenvalue weighted by Gasteiger charge is 2.07. The second-order valence-corrected chi connectivity index (χ2v) is 4.59. The number of halogens is 1. The van der Waals surface area contributed by atoms with E-state index in [9.17, 15) is 4.39 Å². The van der Waals surface area contributed by atoms with E-state index in [1.54, 1.807) is 0 Å². The zero-order valence-corrected chi connectivity index (χ0v) is 11.6. The van der Waals surface area contributed by atoms with Crippen molar-refractivity contribution in [2.24, 2.45) is 0 Å². The zero-order chi connectivity index (χ0) is 13.4. The molecule has 0 aliphatic carbocycles. The van der Waals surface area contributed by atoms with Crippen LogP contribution in [0.3, 0.4) is 0 Å². The quantitative estimate of drug-likeness (QED) is 0.712. The zero-order valence-electron chi connectivity index (χ0n) is 11.6. The molecule has 1 aromatic carbocycles. The molecule has 2 nitrogen and oxygen atoms in total. The standard InChI is InChI=1S/C15H24FNO/c1-4-9-17-13(3)14-6-7-15(12(2)11-14)18-10-5-8-16/h6-7,11,13,17H,4-5,8-10H2,1-3H3. The van der Waals surface area contributed by atoms with Gasteiger partial charge in [-0.2, -0.15) is 0 Å². The molecule has 18 heavy (non-hydrogen) atoms. The van der Waals surface area contributed by atoms with Crippen molar-refractivity contribution in [3.05, 3.63) is 29.3 Å². The van der Waals surface area contributed by atoms with E-state index in [1.165, 1.54) is 5.56 Å². The summed E-state index contributed by atoms with van der Waals surface area (Å²) in [5.41, 5.74) is 2.37. The summed E-state index contributed by atoms with van der Waals surface area (Å²) in [5, 5.41) is 3.46. The van der Waals surface area contributed by atoms with Gasteiger partial charge in [0.1, 0.15) is 5.75 Å². The fourth-order valence-corrected chi connectivity index (χ4v) is 1.82. The van der Waals surface area contributed by atoms with Gasteiger partial charge in [0.2, 0.25) is 0 Å². The van der Waals surface area contributed by atoms with Crippen LogP contribution in [0.5, 0.6) is 5.75 Å². The molecular formula is C15H24FNO. The third-order valence-corrected chi connectivity index (χ3v) is 2.94. The molecule has 0 amide bonds. The van der Waals surface area contributed by atoms with E-state index in [1.807, 2.05) is 13.0 Å². The van der Waals surface area contributed by atoms with Crippen LogP contribution in [0.15, 0.2) is 18.2 Å². The molecule has 1 rings (SSSR count). The summed E-state index contributed by atoms with van der Waals surface area (Å²) < 4.78 is 17.5. The lowest BCUT2D eigenvalue weighted by atomic mass is 10.0. The molecular weight excluding hydrogens is 229 g/mol. The minimum atomic E-state index is -0.324. The number of hydrogen-bond donors (Lipinski definition) is 1. The number of rotatable bonds is 8. The van der Waals surface area contributed by atoms with Crippen molar-refractivity contribution in [3.8, 4) is 5.75 Å². The Bertz CT molecular complexity index is 354. The van der Waals surface area contributed by atoms with E-state index < -0.39 is 0 Å². The van der Waals surface area contributed by atoms with Gasteiger partial charge in [-0.15, -0.1) is 0 Å². The average Bonchev–Trinajstić information content (AvgIpc) is 2.38. The maximum Gasteiger partial charge on any atom is 0.122 e. The summed E-state index contributed by atoms with van der Waals surface area (Å²) >= 11 is 0. The molecule has 0 spiro atoms. The SMILES string of the molecule is CCCNC(C)c1ccc(OCCCF)c(C)c1. The van der Waals surface area contributed by atoms with Crippen molar-refractivity contribution >= 4 is 0 Å². The molecule has 0 heterocycles. The third-order valence-electron chi connectivity index (χ3n) is 2.94. The predicted octanol–water partition coefficient (Wildman–Crippen LogP) is 3.79. The number of aryl methyl sites for hydroxylation is 1. The molecule has 1 atom stereocenters. The molecule has 0 radical (unpaired) electrons. The highest BCUT2D eigenvalue weighted by atomic mass is 19.1. The first kappa shape index (κ1) is 15.0. The Hall–Kier alpha value is -1.09. The van der Waals surface area contributed by atoms with E-state index >= 15 is 0 Å². The second-order valence-electron chi connectivity index (χ2n) is 4.59. The molecule has 102 valence electrons. The Balaban J connectivity index is 2.60. The topological polar surface area (TPSA) is 21.3 Å². The summed E-state index contributed by atoms with van der Waals surface area (Å²) in [5.74, 6) is 0.856. The molecule has 0 aliphatic heterocycles. The Morgan fingerprint density at radius 3 is 2.78 bits per heavy atom. The Labute approximate surface area is 110 Å². The van der Waals surface area contributed by atoms with Crippen LogP contribution in [0.2, 0.25) is 0 Å². The van der Waals surface area contributed by atoms with Crippen molar-refractivity contribution in [2.75, 3.05) is 19.8 Å². The van der Waals surface area contributed by atoms with Gasteiger partial charge in [0.25, 0.3) is 0 Å². The van der Waals surface area contributed by atoms with Crippen LogP contribution >= 0.6 is 0 Å². The molecule has 0 saturated carbocycles. The van der Waals surface area contributed by atoms with Crippen molar-refractivity contribution in [2.45, 2.75) is 39.7 Å². The van der Waals surface area contributed by atoms with Gasteiger partial charge in [0, 0.05) is 12.5 Å². The van der Waals surface area contributed by atoms with Crippen molar-refractivity contribution in [1.82, 2.24) is 5.32 Å². The Morgan fingerprint density at radius 1 is 1.39 bits per heavy atom. The average molecular weight is 253 g/mol. The van der Waals surface area contributed by atoms with E-state index in [0.717, 1.165) is 24.3 Å². The molecule has 1 N–H and O–H groups in total. The van der Waals surface area contributed by atoms with Crippen LogP contribution in [-0.4, -0.2) is 19.8 Å². The fourth-order valence-electron chi connectivity index (χ4n) is 1.82. The molecule has 0 aliphatic rings. The lowest BCUT2D eigenvalue weighted by molar-refractivity contribution is 0.288. The Kier molecular flexibility index (Phi) is 6.73. The first-order valence-corrected chi connectivity index (χ1v) is 6.71. The minimum absolute atomic E-state index is 0.324. The van der Waals surface area contributed by atoms with Gasteiger partial charge in [-0.05, 0) is 44.0 Å². The first-order valence-electron chi connectivity index (χ1n) is 6.71. The lowest BCUT2D eigenvalue weighted by Gasteiger charge is -2.16. The van der Waals surface area contributed by atoms with Crippen molar-refractivity contribution < 1.29 is 9.13 Å². The van der Waals surface area contributed by atoms with E-state index in [-0.39, 0.29) is 6.67 Å². The summed E-state index contributed by atoms with van der Waals surface area (Å²) in [6, 6.07) is 6.54. The highest BCUT2D eigenvalue weighted by Crippen LogP contribution is 2.22. The van der Waals surface area contributed by atoms with Gasteiger partial charge < -0.3 is 10.1 Å². The van der Waals surface area contributed by atoms with Crippen LogP contribution in [0.25, 0.3) is 0 Å². The number of benzene rings is 1. The summed E-state index contributed by atoms with van der Waals surface area (Å²) in [6.45, 7) is 7.49. The van der Waals surface area contributed by atoms with E-state index in [0.29, 0.717) is 19.1 Å². The van der Waals surface area contributed by atoms with Gasteiger partial charge in [0.15, 0.2) is 0 Å². The largest absolute Gasteiger partial charge is 0.493 e. The van der Waals surface area contributed by atoms with Crippen LogP contribution < -0.4 is 10.1 Å². The molecule has 1 unspecified atom stereocenters. The number of ether oxygens (including phenoxy) is 1. The number of hydrogen-bond acceptors (Lipinski definition) is 2. The van der Waals surface area contributed by atoms with Gasteiger partial charge in [-0.1, -0.05) is 19.1 Å². The predicted molar refractivity (Wildman–Crippen MR) is 74.0 cm³/mol. The van der Waals surface area contributed by atoms with Gasteiger partial charge in [-0.3, -0.25) is 4.39 Å². The number of nitrogens with one attached hydrogen (secondary N) is 1. The maximum atomic E-state index is 12.0. The molecule has 0 fully saturated rings. The van der Waals surface area contributed by atoms with Crippen LogP contribution in [0.4, 0.5) is 4.39 Å². The molecule has 0 saturated heterocycles. The molecule has 3 heteroatoms. The number of alkyl halides is 1. The summed E-state index contributed by atoms with van der Waals surface area (Å²) in [6.07, 6.45) is 1.59. The van der Waals surface area contributed by atoms with E-state index in [2.05, 4.69) is 31.3 Å². The van der Waals surface area contributed by atoms with Crippen molar-refractivity contribution in [3.63, 3.8) is 0 Å². The first-order chi connectivity index (χ1) is 8.69. The summed E-state index contributed by atoms with van der Waals surface area (Å²) in [4.78, 5) is 0. The van der Waals surface area contributed by atoms with Crippen molar-refractivity contribution in [1.29, 1.82) is 0 Å². The van der Waals surface area contributed by atoms with Crippen LogP contribution in [0.1, 0.15) is 43.9 Å². The maximum absolute atomic E-state index is 12.0. The monoisotopic (exact) mass is 253 g/mol. The van der Waals surface area contributed by atoms with Crippen LogP contribution in [0, 0.1) is 6.92 Å². The highest BCUT2D eigenvalue weighted by molar-refractivity contribution is 5.37. The normalized spacial score (nSPS) is 12.4. The minimum Gasteiger partial charge on any atom is -0.493 e. The van der Waals surface area contributed by atoms with Gasteiger partial charge in [-0.25, -0.2) is 0 Å².